The van der Waals surface area contributed by atoms with Gasteiger partial charge < -0.3 is 5.32 Å². The third kappa shape index (κ3) is 2.15. The summed E-state index contributed by atoms with van der Waals surface area (Å²) in [7, 11) is 1.87. The maximum atomic E-state index is 4.42. The molecule has 0 spiro atoms. The topological polar surface area (TPSA) is 37.8 Å². The molecule has 1 N–H and O–H groups in total. The van der Waals surface area contributed by atoms with Crippen molar-refractivity contribution in [2.45, 2.75) is 13.8 Å². The van der Waals surface area contributed by atoms with Crippen molar-refractivity contribution < 1.29 is 0 Å². The number of nitrogens with zero attached hydrogens (tertiary/aromatic N) is 2. The highest BCUT2D eigenvalue weighted by Crippen LogP contribution is 2.24. The Morgan fingerprint density at radius 1 is 1.20 bits per heavy atom. The number of aryl methyl sites for hydroxylation is 2. The van der Waals surface area contributed by atoms with E-state index >= 15 is 0 Å². The summed E-state index contributed by atoms with van der Waals surface area (Å²) in [6.07, 6.45) is 0. The Morgan fingerprint density at radius 2 is 2.00 bits per heavy atom. The second-order valence-corrected chi connectivity index (χ2v) is 4.50. The molecular formula is C11H13N3S. The zero-order valence-corrected chi connectivity index (χ0v) is 9.85. The molecule has 0 bridgehead atoms. The van der Waals surface area contributed by atoms with E-state index in [1.54, 1.807) is 11.3 Å². The van der Waals surface area contributed by atoms with Gasteiger partial charge in [-0.15, -0.1) is 11.3 Å². The largest absolute Gasteiger partial charge is 0.373 e. The lowest BCUT2D eigenvalue weighted by Gasteiger charge is -2.03. The molecule has 15 heavy (non-hydrogen) atoms. The number of hydrogen-bond donors (Lipinski definition) is 1. The van der Waals surface area contributed by atoms with Crippen LogP contribution in [0.2, 0.25) is 0 Å². The van der Waals surface area contributed by atoms with E-state index in [9.17, 15) is 0 Å². The fraction of sp³-hybridized carbons (Fsp3) is 0.273. The summed E-state index contributed by atoms with van der Waals surface area (Å²) in [5.74, 6) is 1.65. The number of aromatic nitrogens is 2. The van der Waals surface area contributed by atoms with Gasteiger partial charge in [0.05, 0.1) is 5.69 Å². The molecule has 2 aromatic heterocycles. The maximum absolute atomic E-state index is 4.42. The molecule has 3 nitrogen and oxygen atoms in total. The van der Waals surface area contributed by atoms with Gasteiger partial charge in [0.1, 0.15) is 11.6 Å². The van der Waals surface area contributed by atoms with Crippen molar-refractivity contribution in [2.75, 3.05) is 12.4 Å². The third-order valence-corrected chi connectivity index (χ3v) is 2.98. The first kappa shape index (κ1) is 10.1. The molecule has 78 valence electrons. The number of hydrogen-bond acceptors (Lipinski definition) is 4. The zero-order chi connectivity index (χ0) is 10.8. The van der Waals surface area contributed by atoms with Gasteiger partial charge >= 0.3 is 0 Å². The summed E-state index contributed by atoms with van der Waals surface area (Å²) in [6.45, 7) is 4.00. The van der Waals surface area contributed by atoms with Crippen LogP contribution in [0.15, 0.2) is 17.5 Å². The zero-order valence-electron chi connectivity index (χ0n) is 9.03. The van der Waals surface area contributed by atoms with E-state index in [1.807, 2.05) is 20.0 Å². The predicted octanol–water partition coefficient (Wildman–Crippen LogP) is 2.86. The average Bonchev–Trinajstić information content (AvgIpc) is 2.64. The van der Waals surface area contributed by atoms with Gasteiger partial charge in [0.25, 0.3) is 0 Å². The van der Waals surface area contributed by atoms with Gasteiger partial charge in [-0.1, -0.05) is 0 Å². The number of thiophene rings is 1. The Balaban J connectivity index is 2.48. The molecule has 0 aliphatic carbocycles. The molecule has 2 aromatic rings. The normalized spacial score (nSPS) is 10.3. The van der Waals surface area contributed by atoms with Gasteiger partial charge in [-0.05, 0) is 19.9 Å². The quantitative estimate of drug-likeness (QED) is 0.844. The fourth-order valence-corrected chi connectivity index (χ4v) is 2.12. The van der Waals surface area contributed by atoms with Crippen LogP contribution in [-0.4, -0.2) is 17.0 Å². The van der Waals surface area contributed by atoms with Crippen molar-refractivity contribution >= 4 is 17.2 Å². The first-order chi connectivity index (χ1) is 7.19. The van der Waals surface area contributed by atoms with Gasteiger partial charge in [0.2, 0.25) is 0 Å². The highest BCUT2D eigenvalue weighted by molar-refractivity contribution is 7.10. The summed E-state index contributed by atoms with van der Waals surface area (Å²) in [5, 5.41) is 5.16. The van der Waals surface area contributed by atoms with E-state index in [1.165, 1.54) is 10.4 Å². The van der Waals surface area contributed by atoms with E-state index in [0.717, 1.165) is 17.3 Å². The molecule has 0 unspecified atom stereocenters. The molecule has 0 amide bonds. The number of anilines is 1. The molecule has 0 saturated heterocycles. The van der Waals surface area contributed by atoms with Crippen LogP contribution < -0.4 is 5.32 Å². The molecule has 0 aliphatic heterocycles. The Morgan fingerprint density at radius 3 is 2.60 bits per heavy atom. The Bertz CT molecular complexity index is 476. The Kier molecular flexibility index (Phi) is 2.68. The van der Waals surface area contributed by atoms with E-state index in [2.05, 4.69) is 33.7 Å². The van der Waals surface area contributed by atoms with E-state index in [4.69, 9.17) is 0 Å². The van der Waals surface area contributed by atoms with Crippen LogP contribution in [0.25, 0.3) is 11.3 Å². The second-order valence-electron chi connectivity index (χ2n) is 3.38. The molecule has 0 aromatic carbocycles. The monoisotopic (exact) mass is 219 g/mol. The van der Waals surface area contributed by atoms with Crippen LogP contribution in [0.4, 0.5) is 5.82 Å². The van der Waals surface area contributed by atoms with Crippen molar-refractivity contribution in [3.05, 3.63) is 28.2 Å². The molecule has 2 heterocycles. The van der Waals surface area contributed by atoms with Crippen LogP contribution in [0.1, 0.15) is 10.7 Å². The van der Waals surface area contributed by atoms with Crippen LogP contribution >= 0.6 is 11.3 Å². The van der Waals surface area contributed by atoms with Crippen LogP contribution in [0.5, 0.6) is 0 Å². The Hall–Kier alpha value is -1.42. The van der Waals surface area contributed by atoms with Crippen molar-refractivity contribution in [1.29, 1.82) is 0 Å². The van der Waals surface area contributed by atoms with Crippen molar-refractivity contribution in [2.24, 2.45) is 0 Å². The molecule has 4 heteroatoms. The first-order valence-corrected chi connectivity index (χ1v) is 5.66. The highest BCUT2D eigenvalue weighted by atomic mass is 32.1. The number of rotatable bonds is 2. The smallest absolute Gasteiger partial charge is 0.130 e. The van der Waals surface area contributed by atoms with Crippen LogP contribution in [-0.2, 0) is 0 Å². The minimum Gasteiger partial charge on any atom is -0.373 e. The van der Waals surface area contributed by atoms with Crippen molar-refractivity contribution in [3.63, 3.8) is 0 Å². The average molecular weight is 219 g/mol. The minimum absolute atomic E-state index is 0.792. The summed E-state index contributed by atoms with van der Waals surface area (Å²) in [4.78, 5) is 9.99. The fourth-order valence-electron chi connectivity index (χ4n) is 1.42. The lowest BCUT2D eigenvalue weighted by atomic mass is 10.2. The van der Waals surface area contributed by atoms with Gasteiger partial charge in [-0.3, -0.25) is 0 Å². The molecule has 0 atom stereocenters. The van der Waals surface area contributed by atoms with Crippen molar-refractivity contribution in [1.82, 2.24) is 9.97 Å². The second kappa shape index (κ2) is 3.98. The summed E-state index contributed by atoms with van der Waals surface area (Å²) >= 11 is 1.74. The Labute approximate surface area is 93.2 Å². The molecular weight excluding hydrogens is 206 g/mol. The first-order valence-electron chi connectivity index (χ1n) is 4.78. The van der Waals surface area contributed by atoms with E-state index in [0.29, 0.717) is 0 Å². The lowest BCUT2D eigenvalue weighted by molar-refractivity contribution is 1.06. The highest BCUT2D eigenvalue weighted by Gasteiger charge is 2.04. The van der Waals surface area contributed by atoms with Crippen molar-refractivity contribution in [3.8, 4) is 11.3 Å². The van der Waals surface area contributed by atoms with Gasteiger partial charge in [0, 0.05) is 28.9 Å². The summed E-state index contributed by atoms with van der Waals surface area (Å²) < 4.78 is 0. The third-order valence-electron chi connectivity index (χ3n) is 2.12. The van der Waals surface area contributed by atoms with E-state index in [-0.39, 0.29) is 0 Å². The molecule has 0 fully saturated rings. The van der Waals surface area contributed by atoms with Gasteiger partial charge in [-0.25, -0.2) is 9.97 Å². The van der Waals surface area contributed by atoms with Crippen LogP contribution in [0.3, 0.4) is 0 Å². The predicted molar refractivity (Wildman–Crippen MR) is 64.4 cm³/mol. The lowest BCUT2D eigenvalue weighted by Crippen LogP contribution is -1.97. The minimum atomic E-state index is 0.792. The van der Waals surface area contributed by atoms with Gasteiger partial charge in [0.15, 0.2) is 0 Å². The SMILES string of the molecule is CNc1cc(-c2csc(C)c2)nc(C)n1. The molecule has 0 aliphatic rings. The summed E-state index contributed by atoms with van der Waals surface area (Å²) in [6, 6.07) is 4.11. The number of nitrogens with one attached hydrogen (secondary N) is 1. The molecule has 0 radical (unpaired) electrons. The summed E-state index contributed by atoms with van der Waals surface area (Å²) in [5.41, 5.74) is 2.15. The molecule has 0 saturated carbocycles. The maximum Gasteiger partial charge on any atom is 0.130 e. The van der Waals surface area contributed by atoms with E-state index < -0.39 is 0 Å². The standard InChI is InChI=1S/C11H13N3S/c1-7-4-9(6-15-7)10-5-11(12-3)14-8(2)13-10/h4-6H,1-3H3,(H,12,13,14). The molecule has 2 rings (SSSR count). The van der Waals surface area contributed by atoms with Crippen LogP contribution in [0, 0.1) is 13.8 Å². The van der Waals surface area contributed by atoms with Gasteiger partial charge in [-0.2, -0.15) is 0 Å².